The Morgan fingerprint density at radius 1 is 1.35 bits per heavy atom. The average Bonchev–Trinajstić information content (AvgIpc) is 2.81. The number of rotatable bonds is 1. The summed E-state index contributed by atoms with van der Waals surface area (Å²) < 4.78 is 2.24. The van der Waals surface area contributed by atoms with Crippen LogP contribution in [0.5, 0.6) is 0 Å². The van der Waals surface area contributed by atoms with Gasteiger partial charge in [0.05, 0.1) is 11.0 Å². The van der Waals surface area contributed by atoms with E-state index in [9.17, 15) is 0 Å². The molecule has 90 valence electrons. The molecule has 1 aliphatic carbocycles. The largest absolute Gasteiger partial charge is 0.369 e. The van der Waals surface area contributed by atoms with E-state index in [4.69, 9.17) is 5.73 Å². The van der Waals surface area contributed by atoms with Crippen molar-refractivity contribution in [3.63, 3.8) is 0 Å². The topological polar surface area (TPSA) is 43.8 Å². The number of imidazole rings is 1. The molecule has 1 aromatic carbocycles. The minimum atomic E-state index is 0.539. The quantitative estimate of drug-likeness (QED) is 0.815. The summed E-state index contributed by atoms with van der Waals surface area (Å²) >= 11 is 0. The number of anilines is 1. The van der Waals surface area contributed by atoms with Gasteiger partial charge in [-0.1, -0.05) is 13.0 Å². The number of aryl methyl sites for hydroxylation is 1. The summed E-state index contributed by atoms with van der Waals surface area (Å²) in [5.74, 6) is 1.48. The smallest absolute Gasteiger partial charge is 0.201 e. The van der Waals surface area contributed by atoms with Crippen LogP contribution >= 0.6 is 0 Å². The van der Waals surface area contributed by atoms with Crippen molar-refractivity contribution < 1.29 is 0 Å². The summed E-state index contributed by atoms with van der Waals surface area (Å²) in [4.78, 5) is 4.46. The van der Waals surface area contributed by atoms with Crippen LogP contribution in [0.3, 0.4) is 0 Å². The van der Waals surface area contributed by atoms with E-state index in [1.54, 1.807) is 0 Å². The monoisotopic (exact) mass is 229 g/mol. The van der Waals surface area contributed by atoms with Crippen LogP contribution in [-0.2, 0) is 0 Å². The highest BCUT2D eigenvalue weighted by atomic mass is 15.2. The van der Waals surface area contributed by atoms with Crippen LogP contribution in [0.2, 0.25) is 0 Å². The van der Waals surface area contributed by atoms with E-state index in [-0.39, 0.29) is 0 Å². The summed E-state index contributed by atoms with van der Waals surface area (Å²) in [6, 6.07) is 6.89. The molecule has 2 N–H and O–H groups in total. The molecule has 2 atom stereocenters. The van der Waals surface area contributed by atoms with Crippen LogP contribution in [0.15, 0.2) is 18.2 Å². The maximum Gasteiger partial charge on any atom is 0.201 e. The van der Waals surface area contributed by atoms with E-state index in [0.29, 0.717) is 12.0 Å². The highest BCUT2D eigenvalue weighted by Crippen LogP contribution is 2.37. The van der Waals surface area contributed by atoms with Crippen molar-refractivity contribution in [2.24, 2.45) is 5.92 Å². The van der Waals surface area contributed by atoms with Gasteiger partial charge in [-0.15, -0.1) is 0 Å². The molecular weight excluding hydrogens is 210 g/mol. The Bertz CT molecular complexity index is 556. The summed E-state index contributed by atoms with van der Waals surface area (Å²) in [6.45, 7) is 4.44. The molecule has 0 radical (unpaired) electrons. The molecular formula is C14H19N3. The van der Waals surface area contributed by atoms with E-state index in [0.717, 1.165) is 11.4 Å². The molecule has 1 heterocycles. The van der Waals surface area contributed by atoms with E-state index in [1.807, 2.05) is 0 Å². The zero-order valence-electron chi connectivity index (χ0n) is 10.5. The van der Waals surface area contributed by atoms with Gasteiger partial charge in [0, 0.05) is 6.04 Å². The number of aromatic nitrogens is 2. The maximum absolute atomic E-state index is 6.08. The molecule has 0 aliphatic heterocycles. The molecule has 1 aliphatic rings. The minimum absolute atomic E-state index is 0.539. The first kappa shape index (κ1) is 10.6. The number of nitrogen functional groups attached to an aromatic ring is 1. The van der Waals surface area contributed by atoms with Gasteiger partial charge in [0.15, 0.2) is 0 Å². The fourth-order valence-electron chi connectivity index (χ4n) is 3.02. The number of hydrogen-bond acceptors (Lipinski definition) is 2. The molecule has 17 heavy (non-hydrogen) atoms. The van der Waals surface area contributed by atoms with Crippen molar-refractivity contribution >= 4 is 17.0 Å². The van der Waals surface area contributed by atoms with Crippen molar-refractivity contribution in [1.82, 2.24) is 9.55 Å². The second kappa shape index (κ2) is 3.76. The number of hydrogen-bond donors (Lipinski definition) is 1. The molecule has 3 nitrogen and oxygen atoms in total. The Morgan fingerprint density at radius 2 is 2.18 bits per heavy atom. The summed E-state index contributed by atoms with van der Waals surface area (Å²) in [5.41, 5.74) is 9.57. The van der Waals surface area contributed by atoms with Crippen molar-refractivity contribution in [3.8, 4) is 0 Å². The first-order chi connectivity index (χ1) is 8.15. The third-order valence-corrected chi connectivity index (χ3v) is 3.90. The van der Waals surface area contributed by atoms with Crippen LogP contribution in [0.1, 0.15) is 37.8 Å². The Kier molecular flexibility index (Phi) is 2.35. The zero-order valence-corrected chi connectivity index (χ0v) is 10.5. The van der Waals surface area contributed by atoms with Crippen molar-refractivity contribution in [2.45, 2.75) is 39.2 Å². The molecule has 1 saturated carbocycles. The second-order valence-corrected chi connectivity index (χ2v) is 5.40. The minimum Gasteiger partial charge on any atom is -0.369 e. The van der Waals surface area contributed by atoms with Gasteiger partial charge in [-0.2, -0.15) is 0 Å². The first-order valence-electron chi connectivity index (χ1n) is 6.39. The normalized spacial score (nSPS) is 24.6. The predicted molar refractivity (Wildman–Crippen MR) is 70.9 cm³/mol. The van der Waals surface area contributed by atoms with Gasteiger partial charge in [0.1, 0.15) is 0 Å². The summed E-state index contributed by atoms with van der Waals surface area (Å²) in [5, 5.41) is 0. The molecule has 0 spiro atoms. The van der Waals surface area contributed by atoms with Gasteiger partial charge < -0.3 is 10.3 Å². The maximum atomic E-state index is 6.08. The SMILES string of the molecule is Cc1ccc2nc(N)n(C3CCC(C)C3)c2c1. The molecule has 0 bridgehead atoms. The Balaban J connectivity index is 2.14. The summed E-state index contributed by atoms with van der Waals surface area (Å²) in [6.07, 6.45) is 3.75. The van der Waals surface area contributed by atoms with Crippen LogP contribution < -0.4 is 5.73 Å². The van der Waals surface area contributed by atoms with Crippen molar-refractivity contribution in [3.05, 3.63) is 23.8 Å². The molecule has 0 saturated heterocycles. The number of benzene rings is 1. The van der Waals surface area contributed by atoms with Gasteiger partial charge in [-0.05, 0) is 49.8 Å². The number of fused-ring (bicyclic) bond motifs is 1. The first-order valence-corrected chi connectivity index (χ1v) is 6.39. The number of nitrogens with zero attached hydrogens (tertiary/aromatic N) is 2. The second-order valence-electron chi connectivity index (χ2n) is 5.40. The van der Waals surface area contributed by atoms with E-state index in [2.05, 4.69) is 41.6 Å². The third kappa shape index (κ3) is 1.70. The standard InChI is InChI=1S/C14H19N3/c1-9-3-5-11(7-9)17-13-8-10(2)4-6-12(13)16-14(17)15/h4,6,8-9,11H,3,5,7H2,1-2H3,(H2,15,16). The van der Waals surface area contributed by atoms with Gasteiger partial charge in [0.2, 0.25) is 5.95 Å². The molecule has 0 amide bonds. The van der Waals surface area contributed by atoms with Gasteiger partial charge >= 0.3 is 0 Å². The highest BCUT2D eigenvalue weighted by Gasteiger charge is 2.25. The van der Waals surface area contributed by atoms with Gasteiger partial charge in [0.25, 0.3) is 0 Å². The number of nitrogens with two attached hydrogens (primary N) is 1. The zero-order chi connectivity index (χ0) is 12.0. The molecule has 2 unspecified atom stereocenters. The van der Waals surface area contributed by atoms with Gasteiger partial charge in [-0.25, -0.2) is 4.98 Å². The van der Waals surface area contributed by atoms with Crippen molar-refractivity contribution in [1.29, 1.82) is 0 Å². The highest BCUT2D eigenvalue weighted by molar-refractivity contribution is 5.79. The average molecular weight is 229 g/mol. The van der Waals surface area contributed by atoms with Crippen LogP contribution in [0, 0.1) is 12.8 Å². The fraction of sp³-hybridized carbons (Fsp3) is 0.500. The molecule has 1 fully saturated rings. The lowest BCUT2D eigenvalue weighted by atomic mass is 10.1. The lowest BCUT2D eigenvalue weighted by molar-refractivity contribution is 0.510. The Labute approximate surface area is 102 Å². The van der Waals surface area contributed by atoms with E-state index < -0.39 is 0 Å². The van der Waals surface area contributed by atoms with Crippen LogP contribution in [0.4, 0.5) is 5.95 Å². The van der Waals surface area contributed by atoms with Gasteiger partial charge in [-0.3, -0.25) is 0 Å². The third-order valence-electron chi connectivity index (χ3n) is 3.90. The fourth-order valence-corrected chi connectivity index (χ4v) is 3.02. The lowest BCUT2D eigenvalue weighted by Crippen LogP contribution is -2.09. The van der Waals surface area contributed by atoms with Crippen LogP contribution in [-0.4, -0.2) is 9.55 Å². The Hall–Kier alpha value is -1.51. The molecule has 2 aromatic rings. The van der Waals surface area contributed by atoms with Crippen molar-refractivity contribution in [2.75, 3.05) is 5.73 Å². The Morgan fingerprint density at radius 3 is 2.88 bits per heavy atom. The van der Waals surface area contributed by atoms with E-state index >= 15 is 0 Å². The van der Waals surface area contributed by atoms with Crippen LogP contribution in [0.25, 0.3) is 11.0 Å². The van der Waals surface area contributed by atoms with E-state index in [1.165, 1.54) is 30.3 Å². The molecule has 3 rings (SSSR count). The predicted octanol–water partition coefficient (Wildman–Crippen LogP) is 3.29. The summed E-state index contributed by atoms with van der Waals surface area (Å²) in [7, 11) is 0. The molecule has 1 aromatic heterocycles. The lowest BCUT2D eigenvalue weighted by Gasteiger charge is -2.14. The molecule has 3 heteroatoms.